The molecule has 2 N–H and O–H groups in total. The Balaban J connectivity index is 1.08. The summed E-state index contributed by atoms with van der Waals surface area (Å²) in [5, 5.41) is 0. The number of piperidine rings is 1. The topological polar surface area (TPSA) is 91.8 Å². The van der Waals surface area contributed by atoms with E-state index >= 15 is 0 Å². The Hall–Kier alpha value is -4.09. The largest absolute Gasteiger partial charge is 0.586 e. The van der Waals surface area contributed by atoms with Gasteiger partial charge in [0.1, 0.15) is 11.3 Å². The molecule has 2 aliphatic heterocycles. The number of hydrogen-bond acceptors (Lipinski definition) is 6. The summed E-state index contributed by atoms with van der Waals surface area (Å²) in [6, 6.07) is 16.9. The number of aromatic nitrogens is 2. The average Bonchev–Trinajstić information content (AvgIpc) is 3.54. The molecule has 0 radical (unpaired) electrons. The molecule has 232 valence electrons. The molecule has 3 aromatic carbocycles. The van der Waals surface area contributed by atoms with Gasteiger partial charge >= 0.3 is 6.29 Å². The molecular weight excluding hydrogens is 573 g/mol. The molecule has 4 aromatic rings. The van der Waals surface area contributed by atoms with Gasteiger partial charge in [-0.2, -0.15) is 0 Å². The van der Waals surface area contributed by atoms with Gasteiger partial charge in [0.05, 0.1) is 5.52 Å². The zero-order valence-electron chi connectivity index (χ0n) is 24.5. The second kappa shape index (κ2) is 12.5. The van der Waals surface area contributed by atoms with Gasteiger partial charge in [-0.25, -0.2) is 9.37 Å². The van der Waals surface area contributed by atoms with E-state index in [0.717, 1.165) is 41.7 Å². The molecule has 2 atom stereocenters. The number of carbonyl (C=O) groups excluding carboxylic acids is 1. The van der Waals surface area contributed by atoms with Gasteiger partial charge < -0.3 is 29.4 Å². The zero-order chi connectivity index (χ0) is 30.8. The van der Waals surface area contributed by atoms with Gasteiger partial charge in [-0.15, -0.1) is 8.78 Å². The molecule has 0 bridgehead atoms. The highest BCUT2D eigenvalue weighted by atomic mass is 19.3. The first kappa shape index (κ1) is 30.0. The van der Waals surface area contributed by atoms with Crippen molar-refractivity contribution in [1.29, 1.82) is 0 Å². The molecule has 6 rings (SSSR count). The number of fused-ring (bicyclic) bond motifs is 2. The van der Waals surface area contributed by atoms with E-state index in [0.29, 0.717) is 43.7 Å². The smallest absolute Gasteiger partial charge is 0.395 e. The number of carbonyl (C=O) groups is 1. The van der Waals surface area contributed by atoms with Crippen molar-refractivity contribution in [2.75, 3.05) is 26.8 Å². The zero-order valence-corrected chi connectivity index (χ0v) is 24.5. The quantitative estimate of drug-likeness (QED) is 0.227. The van der Waals surface area contributed by atoms with Crippen molar-refractivity contribution in [3.05, 3.63) is 77.9 Å². The number of para-hydroxylation sites is 1. The van der Waals surface area contributed by atoms with Crippen LogP contribution in [0.1, 0.15) is 43.0 Å². The van der Waals surface area contributed by atoms with E-state index in [1.54, 1.807) is 19.2 Å². The summed E-state index contributed by atoms with van der Waals surface area (Å²) in [5.41, 5.74) is 10.1. The summed E-state index contributed by atoms with van der Waals surface area (Å²) >= 11 is 0. The second-order valence-electron chi connectivity index (χ2n) is 11.4. The minimum absolute atomic E-state index is 0.000612. The van der Waals surface area contributed by atoms with Crippen LogP contribution in [0.5, 0.6) is 11.5 Å². The Morgan fingerprint density at radius 2 is 1.89 bits per heavy atom. The maximum Gasteiger partial charge on any atom is 0.586 e. The Morgan fingerprint density at radius 3 is 2.68 bits per heavy atom. The summed E-state index contributed by atoms with van der Waals surface area (Å²) in [6.07, 6.45) is -0.493. The number of benzene rings is 3. The van der Waals surface area contributed by atoms with Crippen molar-refractivity contribution < 1.29 is 32.2 Å². The number of likely N-dealkylation sites (tertiary alicyclic amines) is 1. The van der Waals surface area contributed by atoms with Crippen molar-refractivity contribution in [3.63, 3.8) is 0 Å². The molecule has 8 nitrogen and oxygen atoms in total. The van der Waals surface area contributed by atoms with Crippen molar-refractivity contribution >= 4 is 16.9 Å². The lowest BCUT2D eigenvalue weighted by molar-refractivity contribution is -0.286. The summed E-state index contributed by atoms with van der Waals surface area (Å²) in [5.74, 6) is 0.433. The molecule has 0 saturated carbocycles. The van der Waals surface area contributed by atoms with Crippen LogP contribution in [0.4, 0.5) is 13.2 Å². The van der Waals surface area contributed by atoms with Crippen LogP contribution >= 0.6 is 0 Å². The number of ether oxygens (including phenoxy) is 3. The molecule has 11 heteroatoms. The van der Waals surface area contributed by atoms with Crippen molar-refractivity contribution in [3.8, 4) is 22.6 Å². The van der Waals surface area contributed by atoms with Crippen LogP contribution in [0, 0.1) is 5.82 Å². The Labute approximate surface area is 253 Å². The molecule has 0 aliphatic carbocycles. The number of aryl methyl sites for hydroxylation is 1. The molecule has 1 amide bonds. The monoisotopic (exact) mass is 608 g/mol. The van der Waals surface area contributed by atoms with Crippen LogP contribution in [0.3, 0.4) is 0 Å². The molecule has 1 aromatic heterocycles. The maximum atomic E-state index is 14.6. The molecular formula is C33H35F3N4O4. The minimum atomic E-state index is -3.66. The van der Waals surface area contributed by atoms with Crippen LogP contribution in [0.25, 0.3) is 22.2 Å². The van der Waals surface area contributed by atoms with Crippen molar-refractivity contribution in [2.24, 2.45) is 5.73 Å². The molecule has 1 fully saturated rings. The number of methoxy groups -OCH3 is 1. The van der Waals surface area contributed by atoms with Gasteiger partial charge in [0.25, 0.3) is 0 Å². The SMILES string of the molecule is COCCCn1c([C@@H]2CCCN(C(=O)C[C@H](N)Cc3ccc(-c4ccc5c(c4)OC(F)(F)O5)cc3)C2)nc2c(F)cccc21. The molecule has 3 heterocycles. The number of nitrogens with two attached hydrogens (primary N) is 1. The molecule has 1 saturated heterocycles. The van der Waals surface area contributed by atoms with Crippen LogP contribution in [0.15, 0.2) is 60.7 Å². The molecule has 44 heavy (non-hydrogen) atoms. The van der Waals surface area contributed by atoms with Crippen LogP contribution in [-0.4, -0.2) is 59.5 Å². The number of halogens is 3. The first-order chi connectivity index (χ1) is 21.2. The van der Waals surface area contributed by atoms with Gasteiger partial charge in [0.2, 0.25) is 5.91 Å². The Morgan fingerprint density at radius 1 is 1.11 bits per heavy atom. The highest BCUT2D eigenvalue weighted by Crippen LogP contribution is 2.43. The Bertz CT molecular complexity index is 1640. The third-order valence-corrected chi connectivity index (χ3v) is 8.25. The van der Waals surface area contributed by atoms with Crippen LogP contribution in [-0.2, 0) is 22.5 Å². The van der Waals surface area contributed by atoms with Gasteiger partial charge in [0.15, 0.2) is 17.3 Å². The number of imidazole rings is 1. The normalized spacial score (nSPS) is 18.1. The summed E-state index contributed by atoms with van der Waals surface area (Å²) in [7, 11) is 1.66. The van der Waals surface area contributed by atoms with Crippen LogP contribution < -0.4 is 15.2 Å². The highest BCUT2D eigenvalue weighted by molar-refractivity contribution is 5.78. The number of amides is 1. The van der Waals surface area contributed by atoms with E-state index in [1.165, 1.54) is 18.2 Å². The van der Waals surface area contributed by atoms with E-state index in [-0.39, 0.29) is 41.6 Å². The first-order valence-electron chi connectivity index (χ1n) is 14.9. The third kappa shape index (κ3) is 6.39. The van der Waals surface area contributed by atoms with Crippen molar-refractivity contribution in [2.45, 2.75) is 56.9 Å². The predicted molar refractivity (Wildman–Crippen MR) is 159 cm³/mol. The number of nitrogens with zero attached hydrogens (tertiary/aromatic N) is 3. The average molecular weight is 609 g/mol. The Kier molecular flexibility index (Phi) is 8.50. The fraction of sp³-hybridized carbons (Fsp3) is 0.394. The molecule has 0 unspecified atom stereocenters. The van der Waals surface area contributed by atoms with E-state index in [2.05, 4.69) is 14.0 Å². The maximum absolute atomic E-state index is 14.6. The van der Waals surface area contributed by atoms with Crippen LogP contribution in [0.2, 0.25) is 0 Å². The number of rotatable bonds is 10. The van der Waals surface area contributed by atoms with Gasteiger partial charge in [-0.1, -0.05) is 36.4 Å². The summed E-state index contributed by atoms with van der Waals surface area (Å²) in [4.78, 5) is 19.9. The third-order valence-electron chi connectivity index (χ3n) is 8.25. The minimum Gasteiger partial charge on any atom is -0.395 e. The number of alkyl halides is 2. The van der Waals surface area contributed by atoms with E-state index in [4.69, 9.17) is 15.5 Å². The first-order valence-corrected chi connectivity index (χ1v) is 14.9. The fourth-order valence-electron chi connectivity index (χ4n) is 6.15. The lowest BCUT2D eigenvalue weighted by Crippen LogP contribution is -2.42. The van der Waals surface area contributed by atoms with Gasteiger partial charge in [0, 0.05) is 51.7 Å². The summed E-state index contributed by atoms with van der Waals surface area (Å²) in [6.45, 7) is 2.40. The van der Waals surface area contributed by atoms with E-state index in [9.17, 15) is 18.0 Å². The lowest BCUT2D eigenvalue weighted by atomic mass is 9.95. The van der Waals surface area contributed by atoms with E-state index < -0.39 is 6.29 Å². The summed E-state index contributed by atoms with van der Waals surface area (Å²) < 4.78 is 57.7. The molecule has 2 aliphatic rings. The second-order valence-corrected chi connectivity index (χ2v) is 11.4. The lowest BCUT2D eigenvalue weighted by Gasteiger charge is -2.33. The standard InChI is InChI=1S/C33H35F3N4O4/c1-42-16-4-15-40-27-7-2-6-26(34)31(27)38-32(40)24-5-3-14-39(20-24)30(41)19-25(37)17-21-8-10-22(11-9-21)23-12-13-28-29(18-23)44-33(35,36)43-28/h2,6-13,18,24-25H,3-5,14-17,19-20,37H2,1H3/t24-,25-/m1/s1. The van der Waals surface area contributed by atoms with Gasteiger partial charge in [-0.05, 0) is 66.6 Å². The highest BCUT2D eigenvalue weighted by Gasteiger charge is 2.43. The number of hydrogen-bond donors (Lipinski definition) is 1. The molecule has 0 spiro atoms. The van der Waals surface area contributed by atoms with E-state index in [1.807, 2.05) is 35.2 Å². The van der Waals surface area contributed by atoms with Crippen molar-refractivity contribution in [1.82, 2.24) is 14.5 Å². The predicted octanol–water partition coefficient (Wildman–Crippen LogP) is 5.87. The fourth-order valence-corrected chi connectivity index (χ4v) is 6.15. The van der Waals surface area contributed by atoms with Gasteiger partial charge in [-0.3, -0.25) is 4.79 Å².